The summed E-state index contributed by atoms with van der Waals surface area (Å²) >= 11 is 1.45. The lowest BCUT2D eigenvalue weighted by molar-refractivity contribution is -0.471. The van der Waals surface area contributed by atoms with Gasteiger partial charge < -0.3 is 21.7 Å². The SMILES string of the molecule is COc1ccc(C)cc1[N+]1=C(N)SC2CS(=O)(=O)CC21.[Br-]. The van der Waals surface area contributed by atoms with Crippen LogP contribution in [-0.4, -0.2) is 48.1 Å². The Balaban J connectivity index is 0.00000161. The van der Waals surface area contributed by atoms with Gasteiger partial charge in [-0.05, 0) is 36.4 Å². The summed E-state index contributed by atoms with van der Waals surface area (Å²) in [7, 11) is -1.36. The van der Waals surface area contributed by atoms with E-state index >= 15 is 0 Å². The van der Waals surface area contributed by atoms with Gasteiger partial charge in [0.25, 0.3) is 0 Å². The van der Waals surface area contributed by atoms with E-state index in [9.17, 15) is 8.42 Å². The third-order valence-electron chi connectivity index (χ3n) is 3.71. The minimum atomic E-state index is -2.97. The Labute approximate surface area is 139 Å². The van der Waals surface area contributed by atoms with Gasteiger partial charge in [0, 0.05) is 0 Å². The fraction of sp³-hybridized carbons (Fsp3) is 0.462. The van der Waals surface area contributed by atoms with Gasteiger partial charge in [0.05, 0.1) is 23.9 Å². The van der Waals surface area contributed by atoms with Gasteiger partial charge in [0.15, 0.2) is 21.3 Å². The molecule has 8 heteroatoms. The summed E-state index contributed by atoms with van der Waals surface area (Å²) in [5.74, 6) is 1.07. The third kappa shape index (κ3) is 2.93. The smallest absolute Gasteiger partial charge is 0.310 e. The molecule has 0 spiro atoms. The molecule has 5 nitrogen and oxygen atoms in total. The summed E-state index contributed by atoms with van der Waals surface area (Å²) in [5.41, 5.74) is 8.05. The van der Waals surface area contributed by atoms with Crippen molar-refractivity contribution in [2.75, 3.05) is 18.6 Å². The Hall–Kier alpha value is -0.730. The summed E-state index contributed by atoms with van der Waals surface area (Å²) in [4.78, 5) is 0. The number of thioether (sulfide) groups is 1. The van der Waals surface area contributed by atoms with Crippen LogP contribution in [0, 0.1) is 6.92 Å². The van der Waals surface area contributed by atoms with Crippen LogP contribution in [0.15, 0.2) is 18.2 Å². The number of aryl methyl sites for hydroxylation is 1. The number of fused-ring (bicyclic) bond motifs is 1. The van der Waals surface area contributed by atoms with Crippen LogP contribution in [0.25, 0.3) is 0 Å². The first kappa shape index (κ1) is 16.6. The predicted octanol–water partition coefficient (Wildman–Crippen LogP) is -2.12. The van der Waals surface area contributed by atoms with Crippen LogP contribution in [-0.2, 0) is 9.84 Å². The van der Waals surface area contributed by atoms with Crippen molar-refractivity contribution >= 4 is 32.5 Å². The van der Waals surface area contributed by atoms with E-state index in [-0.39, 0.29) is 39.8 Å². The summed E-state index contributed by atoms with van der Waals surface area (Å²) in [6.45, 7) is 1.99. The molecule has 1 aromatic rings. The lowest BCUT2D eigenvalue weighted by atomic mass is 10.1. The summed E-state index contributed by atoms with van der Waals surface area (Å²) < 4.78 is 31.0. The minimum Gasteiger partial charge on any atom is -1.00 e. The molecule has 2 aliphatic heterocycles. The number of benzene rings is 1. The molecule has 2 atom stereocenters. The molecule has 2 aliphatic rings. The third-order valence-corrected chi connectivity index (χ3v) is 6.86. The maximum absolute atomic E-state index is 11.8. The number of sulfone groups is 1. The van der Waals surface area contributed by atoms with Crippen molar-refractivity contribution in [1.82, 2.24) is 0 Å². The summed E-state index contributed by atoms with van der Waals surface area (Å²) in [6, 6.07) is 5.74. The molecule has 2 unspecified atom stereocenters. The first-order valence-corrected chi connectivity index (χ1v) is 9.05. The molecular formula is C13H17BrN2O3S2. The number of hydrogen-bond acceptors (Lipinski definition) is 5. The molecule has 116 valence electrons. The standard InChI is InChI=1S/C13H16N2O3S2.BrH/c1-8-3-4-11(18-2)9(5-8)15-10-6-20(16,17)7-12(10)19-13(15)14;/h3-5,10,12,14H,6-7H2,1-2H3;1H. The topological polar surface area (TPSA) is 72.4 Å². The van der Waals surface area contributed by atoms with Gasteiger partial charge in [-0.2, -0.15) is 0 Å². The van der Waals surface area contributed by atoms with Crippen molar-refractivity contribution in [2.24, 2.45) is 5.73 Å². The normalized spacial score (nSPS) is 26.4. The zero-order valence-corrected chi connectivity index (χ0v) is 15.0. The molecule has 0 saturated carbocycles. The Morgan fingerprint density at radius 3 is 2.76 bits per heavy atom. The number of methoxy groups -OCH3 is 1. The van der Waals surface area contributed by atoms with E-state index in [1.54, 1.807) is 7.11 Å². The van der Waals surface area contributed by atoms with Crippen LogP contribution in [0.3, 0.4) is 0 Å². The highest BCUT2D eigenvalue weighted by molar-refractivity contribution is 8.15. The Bertz CT molecular complexity index is 703. The highest BCUT2D eigenvalue weighted by atomic mass is 79.9. The largest absolute Gasteiger partial charge is 1.00 e. The zero-order valence-electron chi connectivity index (χ0n) is 11.7. The average molecular weight is 393 g/mol. The first-order valence-electron chi connectivity index (χ1n) is 6.34. The van der Waals surface area contributed by atoms with Crippen molar-refractivity contribution in [1.29, 1.82) is 0 Å². The molecule has 1 fully saturated rings. The molecule has 3 rings (SSSR count). The van der Waals surface area contributed by atoms with Crippen molar-refractivity contribution in [2.45, 2.75) is 18.2 Å². The van der Waals surface area contributed by atoms with Gasteiger partial charge >= 0.3 is 5.17 Å². The van der Waals surface area contributed by atoms with Crippen LogP contribution in [0.1, 0.15) is 5.56 Å². The van der Waals surface area contributed by atoms with E-state index in [0.29, 0.717) is 10.9 Å². The molecule has 0 amide bonds. The van der Waals surface area contributed by atoms with Crippen LogP contribution in [0.5, 0.6) is 5.75 Å². The number of nitrogens with zero attached hydrogens (tertiary/aromatic N) is 1. The summed E-state index contributed by atoms with van der Waals surface area (Å²) in [6.07, 6.45) is 0. The lowest BCUT2D eigenvalue weighted by Gasteiger charge is -2.14. The zero-order chi connectivity index (χ0) is 14.5. The average Bonchev–Trinajstić information content (AvgIpc) is 2.79. The van der Waals surface area contributed by atoms with Crippen molar-refractivity contribution in [3.8, 4) is 5.75 Å². The molecule has 2 heterocycles. The van der Waals surface area contributed by atoms with E-state index < -0.39 is 9.84 Å². The second kappa shape index (κ2) is 5.81. The fourth-order valence-corrected chi connectivity index (χ4v) is 6.62. The van der Waals surface area contributed by atoms with E-state index in [4.69, 9.17) is 10.5 Å². The molecule has 0 aromatic heterocycles. The Morgan fingerprint density at radius 2 is 2.10 bits per heavy atom. The van der Waals surface area contributed by atoms with E-state index in [0.717, 1.165) is 11.3 Å². The fourth-order valence-electron chi connectivity index (χ4n) is 2.81. The van der Waals surface area contributed by atoms with Gasteiger partial charge in [0.1, 0.15) is 6.04 Å². The first-order chi connectivity index (χ1) is 9.41. The summed E-state index contributed by atoms with van der Waals surface area (Å²) in [5, 5.41) is 0.670. The number of hydrogen-bond donors (Lipinski definition) is 1. The number of amidine groups is 1. The van der Waals surface area contributed by atoms with E-state index in [2.05, 4.69) is 0 Å². The maximum Gasteiger partial charge on any atom is 0.310 e. The van der Waals surface area contributed by atoms with Crippen LogP contribution in [0.4, 0.5) is 5.69 Å². The molecule has 21 heavy (non-hydrogen) atoms. The van der Waals surface area contributed by atoms with Crippen LogP contribution in [0.2, 0.25) is 0 Å². The van der Waals surface area contributed by atoms with Crippen molar-refractivity contribution < 1.29 is 34.7 Å². The monoisotopic (exact) mass is 392 g/mol. The van der Waals surface area contributed by atoms with Crippen molar-refractivity contribution in [3.63, 3.8) is 0 Å². The van der Waals surface area contributed by atoms with Crippen LogP contribution >= 0.6 is 11.8 Å². The van der Waals surface area contributed by atoms with Crippen LogP contribution < -0.4 is 27.5 Å². The van der Waals surface area contributed by atoms with Gasteiger partial charge in [-0.1, -0.05) is 6.07 Å². The number of halogens is 1. The van der Waals surface area contributed by atoms with E-state index in [1.807, 2.05) is 29.7 Å². The molecular weight excluding hydrogens is 376 g/mol. The predicted molar refractivity (Wildman–Crippen MR) is 80.7 cm³/mol. The molecule has 0 aliphatic carbocycles. The van der Waals surface area contributed by atoms with Gasteiger partial charge in [0.2, 0.25) is 0 Å². The molecule has 2 N–H and O–H groups in total. The van der Waals surface area contributed by atoms with E-state index in [1.165, 1.54) is 11.8 Å². The number of ether oxygens (including phenoxy) is 1. The minimum absolute atomic E-state index is 0. The number of rotatable bonds is 2. The maximum atomic E-state index is 11.8. The van der Waals surface area contributed by atoms with Gasteiger partial charge in [-0.25, -0.2) is 13.0 Å². The second-order valence-corrected chi connectivity index (χ2v) is 8.60. The Kier molecular flexibility index (Phi) is 4.60. The Morgan fingerprint density at radius 1 is 1.38 bits per heavy atom. The second-order valence-electron chi connectivity index (χ2n) is 5.18. The number of nitrogens with two attached hydrogens (primary N) is 1. The highest BCUT2D eigenvalue weighted by Gasteiger charge is 2.50. The highest BCUT2D eigenvalue weighted by Crippen LogP contribution is 2.40. The van der Waals surface area contributed by atoms with Crippen molar-refractivity contribution in [3.05, 3.63) is 23.8 Å². The van der Waals surface area contributed by atoms with Gasteiger partial charge in [-0.3, -0.25) is 5.73 Å². The molecule has 0 radical (unpaired) electrons. The molecule has 1 aromatic carbocycles. The lowest BCUT2D eigenvalue weighted by Crippen LogP contribution is -3.00. The van der Waals surface area contributed by atoms with Gasteiger partial charge in [-0.15, -0.1) is 0 Å². The molecule has 0 bridgehead atoms. The quantitative estimate of drug-likeness (QED) is 0.582. The molecule has 1 saturated heterocycles.